The monoisotopic (exact) mass is 296 g/mol. The number of aliphatic hydroxyl groups excluding tert-OH is 1. The van der Waals surface area contributed by atoms with Crippen molar-refractivity contribution >= 4 is 0 Å². The van der Waals surface area contributed by atoms with Crippen LogP contribution in [0.15, 0.2) is 0 Å². The van der Waals surface area contributed by atoms with E-state index in [1.807, 2.05) is 0 Å². The van der Waals surface area contributed by atoms with Crippen LogP contribution in [0.3, 0.4) is 0 Å². The molecule has 0 amide bonds. The lowest BCUT2D eigenvalue weighted by Crippen LogP contribution is -2.43. The number of likely N-dealkylation sites (tertiary alicyclic amines) is 1. The maximum Gasteiger partial charge on any atom is 0.0580 e. The molecule has 1 aliphatic heterocycles. The Kier molecular flexibility index (Phi) is 5.72. The molecule has 2 rings (SSSR count). The first-order chi connectivity index (χ1) is 9.77. The van der Waals surface area contributed by atoms with Crippen LogP contribution in [-0.4, -0.2) is 60.8 Å². The van der Waals surface area contributed by atoms with Crippen LogP contribution in [0.4, 0.5) is 0 Å². The minimum Gasteiger partial charge on any atom is -0.393 e. The zero-order valence-electron chi connectivity index (χ0n) is 14.8. The molecule has 0 aromatic heterocycles. The summed E-state index contributed by atoms with van der Waals surface area (Å²) in [5.41, 5.74) is 0.378. The molecule has 1 heterocycles. The van der Waals surface area contributed by atoms with Crippen molar-refractivity contribution in [1.29, 1.82) is 0 Å². The lowest BCUT2D eigenvalue weighted by Gasteiger charge is -2.41. The molecular formula is C18H36N2O. The van der Waals surface area contributed by atoms with Gasteiger partial charge in [0.05, 0.1) is 6.10 Å². The Hall–Kier alpha value is -0.120. The van der Waals surface area contributed by atoms with Crippen LogP contribution in [0.5, 0.6) is 0 Å². The molecule has 0 spiro atoms. The second-order valence-electron chi connectivity index (χ2n) is 8.70. The minimum atomic E-state index is -0.0904. The normalized spacial score (nSPS) is 35.6. The van der Waals surface area contributed by atoms with E-state index in [4.69, 9.17) is 0 Å². The predicted octanol–water partition coefficient (Wildman–Crippen LogP) is 2.84. The van der Waals surface area contributed by atoms with E-state index in [1.165, 1.54) is 32.2 Å². The summed E-state index contributed by atoms with van der Waals surface area (Å²) in [5.74, 6) is 1.22. The molecule has 2 aliphatic rings. The van der Waals surface area contributed by atoms with Crippen molar-refractivity contribution < 1.29 is 5.11 Å². The average molecular weight is 296 g/mol. The van der Waals surface area contributed by atoms with Crippen LogP contribution >= 0.6 is 0 Å². The van der Waals surface area contributed by atoms with Gasteiger partial charge in [0, 0.05) is 19.1 Å². The van der Waals surface area contributed by atoms with Gasteiger partial charge in [0.1, 0.15) is 0 Å². The van der Waals surface area contributed by atoms with Gasteiger partial charge in [-0.3, -0.25) is 0 Å². The number of hydrogen-bond donors (Lipinski definition) is 1. The molecule has 3 nitrogen and oxygen atoms in total. The highest BCUT2D eigenvalue weighted by Crippen LogP contribution is 2.40. The first-order valence-electron chi connectivity index (χ1n) is 8.84. The number of hydrogen-bond acceptors (Lipinski definition) is 3. The van der Waals surface area contributed by atoms with Gasteiger partial charge in [0.2, 0.25) is 0 Å². The van der Waals surface area contributed by atoms with Crippen molar-refractivity contribution in [1.82, 2.24) is 9.80 Å². The highest BCUT2D eigenvalue weighted by atomic mass is 16.3. The maximum absolute atomic E-state index is 10.4. The van der Waals surface area contributed by atoms with Gasteiger partial charge in [0.25, 0.3) is 0 Å². The van der Waals surface area contributed by atoms with E-state index < -0.39 is 0 Å². The minimum absolute atomic E-state index is 0.0904. The topological polar surface area (TPSA) is 26.7 Å². The second-order valence-corrected chi connectivity index (χ2v) is 8.70. The molecule has 1 N–H and O–H groups in total. The number of aliphatic hydroxyl groups is 1. The van der Waals surface area contributed by atoms with Crippen LogP contribution in [0, 0.1) is 17.3 Å². The molecule has 1 aliphatic carbocycles. The van der Waals surface area contributed by atoms with Crippen molar-refractivity contribution in [3.8, 4) is 0 Å². The molecule has 0 aromatic rings. The Balaban J connectivity index is 1.84. The molecule has 2 fully saturated rings. The smallest absolute Gasteiger partial charge is 0.0580 e. The van der Waals surface area contributed by atoms with Gasteiger partial charge >= 0.3 is 0 Å². The van der Waals surface area contributed by atoms with E-state index in [1.54, 1.807) is 0 Å². The van der Waals surface area contributed by atoms with Crippen molar-refractivity contribution in [2.45, 2.75) is 65.0 Å². The Labute approximate surface area is 131 Å². The van der Waals surface area contributed by atoms with Gasteiger partial charge in [-0.05, 0) is 70.0 Å². The lowest BCUT2D eigenvalue weighted by molar-refractivity contribution is 0.00449. The standard InChI is InChI=1S/C18H36N2O/c1-18(2,3)15-8-9-17(21)14(11-15)12-19(4)13-16-7-6-10-20(16)5/h14-17,21H,6-13H2,1-5H3. The fourth-order valence-corrected chi connectivity index (χ4v) is 4.28. The lowest BCUT2D eigenvalue weighted by atomic mass is 9.68. The second kappa shape index (κ2) is 6.97. The third-order valence-corrected chi connectivity index (χ3v) is 5.91. The summed E-state index contributed by atoms with van der Waals surface area (Å²) in [7, 11) is 4.48. The molecule has 3 heteroatoms. The molecule has 0 aromatic carbocycles. The average Bonchev–Trinajstić information content (AvgIpc) is 2.76. The van der Waals surface area contributed by atoms with E-state index >= 15 is 0 Å². The Bertz CT molecular complexity index is 326. The van der Waals surface area contributed by atoms with Crippen molar-refractivity contribution in [2.75, 3.05) is 33.7 Å². The van der Waals surface area contributed by atoms with Crippen LogP contribution in [0.1, 0.15) is 52.9 Å². The maximum atomic E-state index is 10.4. The van der Waals surface area contributed by atoms with Crippen LogP contribution < -0.4 is 0 Å². The van der Waals surface area contributed by atoms with Gasteiger partial charge in [0.15, 0.2) is 0 Å². The summed E-state index contributed by atoms with van der Waals surface area (Å²) in [6, 6.07) is 0.717. The van der Waals surface area contributed by atoms with Crippen molar-refractivity contribution in [3.63, 3.8) is 0 Å². The SMILES string of the molecule is CN(CC1CC(C(C)(C)C)CCC1O)CC1CCCN1C. The first kappa shape index (κ1) is 17.2. The van der Waals surface area contributed by atoms with E-state index in [9.17, 15) is 5.11 Å². The zero-order valence-corrected chi connectivity index (χ0v) is 14.8. The van der Waals surface area contributed by atoms with Crippen LogP contribution in [-0.2, 0) is 0 Å². The molecule has 4 atom stereocenters. The molecule has 0 bridgehead atoms. The number of likely N-dealkylation sites (N-methyl/N-ethyl adjacent to an activating group) is 2. The van der Waals surface area contributed by atoms with Gasteiger partial charge in [-0.1, -0.05) is 20.8 Å². The molecular weight excluding hydrogens is 260 g/mol. The van der Waals surface area contributed by atoms with E-state index in [2.05, 4.69) is 44.7 Å². The number of rotatable bonds is 4. The fraction of sp³-hybridized carbons (Fsp3) is 1.00. The van der Waals surface area contributed by atoms with Gasteiger partial charge in [-0.25, -0.2) is 0 Å². The first-order valence-corrected chi connectivity index (χ1v) is 8.84. The van der Waals surface area contributed by atoms with Crippen LogP contribution in [0.25, 0.3) is 0 Å². The third kappa shape index (κ3) is 4.67. The Morgan fingerprint density at radius 1 is 1.14 bits per heavy atom. The highest BCUT2D eigenvalue weighted by molar-refractivity contribution is 4.87. The molecule has 21 heavy (non-hydrogen) atoms. The summed E-state index contributed by atoms with van der Waals surface area (Å²) >= 11 is 0. The van der Waals surface area contributed by atoms with Crippen molar-refractivity contribution in [2.24, 2.45) is 17.3 Å². The van der Waals surface area contributed by atoms with Gasteiger partial charge in [-0.15, -0.1) is 0 Å². The third-order valence-electron chi connectivity index (χ3n) is 5.91. The summed E-state index contributed by atoms with van der Waals surface area (Å²) in [5, 5.41) is 10.4. The van der Waals surface area contributed by atoms with Gasteiger partial charge < -0.3 is 14.9 Å². The summed E-state index contributed by atoms with van der Waals surface area (Å²) in [4.78, 5) is 4.96. The Morgan fingerprint density at radius 3 is 2.43 bits per heavy atom. The van der Waals surface area contributed by atoms with E-state index in [0.29, 0.717) is 17.4 Å². The quantitative estimate of drug-likeness (QED) is 0.864. The molecule has 124 valence electrons. The summed E-state index contributed by atoms with van der Waals surface area (Å²) in [6.45, 7) is 10.5. The molecule has 0 radical (unpaired) electrons. The van der Waals surface area contributed by atoms with Gasteiger partial charge in [-0.2, -0.15) is 0 Å². The summed E-state index contributed by atoms with van der Waals surface area (Å²) < 4.78 is 0. The predicted molar refractivity (Wildman–Crippen MR) is 89.4 cm³/mol. The molecule has 1 saturated carbocycles. The van der Waals surface area contributed by atoms with E-state index in [0.717, 1.165) is 25.4 Å². The number of nitrogens with zero attached hydrogens (tertiary/aromatic N) is 2. The molecule has 1 saturated heterocycles. The van der Waals surface area contributed by atoms with E-state index in [-0.39, 0.29) is 6.10 Å². The van der Waals surface area contributed by atoms with Crippen LogP contribution in [0.2, 0.25) is 0 Å². The fourth-order valence-electron chi connectivity index (χ4n) is 4.28. The summed E-state index contributed by atoms with van der Waals surface area (Å²) in [6.07, 6.45) is 5.95. The zero-order chi connectivity index (χ0) is 15.6. The molecule has 4 unspecified atom stereocenters. The highest BCUT2D eigenvalue weighted by Gasteiger charge is 2.35. The largest absolute Gasteiger partial charge is 0.393 e. The Morgan fingerprint density at radius 2 is 1.86 bits per heavy atom. The van der Waals surface area contributed by atoms with Crippen molar-refractivity contribution in [3.05, 3.63) is 0 Å².